The summed E-state index contributed by atoms with van der Waals surface area (Å²) in [6.45, 7) is 2.93. The molecule has 0 unspecified atom stereocenters. The molecule has 0 aliphatic carbocycles. The van der Waals surface area contributed by atoms with E-state index in [1.807, 2.05) is 17.7 Å². The van der Waals surface area contributed by atoms with Gasteiger partial charge in [0.1, 0.15) is 5.82 Å². The van der Waals surface area contributed by atoms with Crippen molar-refractivity contribution < 1.29 is 13.5 Å². The number of hydrogen-bond acceptors (Lipinski definition) is 3. The molecule has 1 heterocycles. The lowest BCUT2D eigenvalue weighted by molar-refractivity contribution is 0.188. The van der Waals surface area contributed by atoms with E-state index in [4.69, 9.17) is 4.74 Å². The lowest BCUT2D eigenvalue weighted by atomic mass is 10.3. The number of halogens is 3. The molecule has 7 heteroatoms. The van der Waals surface area contributed by atoms with E-state index in [1.54, 1.807) is 7.11 Å². The maximum atomic E-state index is 13.8. The van der Waals surface area contributed by atoms with Crippen LogP contribution < -0.4 is 5.32 Å². The summed E-state index contributed by atoms with van der Waals surface area (Å²) in [5.74, 6) is -0.847. The number of anilines is 2. The lowest BCUT2D eigenvalue weighted by Crippen LogP contribution is -2.08. The second kappa shape index (κ2) is 6.32. The number of ether oxygens (including phenoxy) is 1. The maximum absolute atomic E-state index is 13.8. The molecule has 0 radical (unpaired) electrons. The molecule has 0 amide bonds. The molecule has 0 fully saturated rings. The van der Waals surface area contributed by atoms with Crippen LogP contribution in [0.3, 0.4) is 0 Å². The van der Waals surface area contributed by atoms with E-state index in [0.717, 1.165) is 11.8 Å². The van der Waals surface area contributed by atoms with Crippen molar-refractivity contribution in [2.45, 2.75) is 13.5 Å². The van der Waals surface area contributed by atoms with E-state index in [0.29, 0.717) is 23.6 Å². The molecule has 2 aromatic rings. The first kappa shape index (κ1) is 14.9. The first-order chi connectivity index (χ1) is 9.51. The molecule has 0 saturated heterocycles. The van der Waals surface area contributed by atoms with Crippen molar-refractivity contribution in [3.05, 3.63) is 40.1 Å². The molecule has 1 N–H and O–H groups in total. The fraction of sp³-hybridized carbons (Fsp3) is 0.308. The largest absolute Gasteiger partial charge is 0.383 e. The summed E-state index contributed by atoms with van der Waals surface area (Å²) in [4.78, 5) is 4.28. The van der Waals surface area contributed by atoms with Crippen LogP contribution in [0.4, 0.5) is 20.4 Å². The Balaban J connectivity index is 2.30. The highest BCUT2D eigenvalue weighted by atomic mass is 79.9. The van der Waals surface area contributed by atoms with Gasteiger partial charge in [-0.1, -0.05) is 0 Å². The van der Waals surface area contributed by atoms with E-state index in [2.05, 4.69) is 26.2 Å². The Morgan fingerprint density at radius 3 is 2.80 bits per heavy atom. The van der Waals surface area contributed by atoms with Gasteiger partial charge in [-0.2, -0.15) is 0 Å². The SMILES string of the molecule is COCCn1cc(C)nc1Nc1c(F)cc(F)cc1Br. The summed E-state index contributed by atoms with van der Waals surface area (Å²) in [7, 11) is 1.60. The van der Waals surface area contributed by atoms with E-state index in [-0.39, 0.29) is 5.69 Å². The lowest BCUT2D eigenvalue weighted by Gasteiger charge is -2.11. The number of methoxy groups -OCH3 is 1. The second-order valence-electron chi connectivity index (χ2n) is 4.26. The molecule has 2 rings (SSSR count). The van der Waals surface area contributed by atoms with Gasteiger partial charge in [0, 0.05) is 30.4 Å². The highest BCUT2D eigenvalue weighted by Crippen LogP contribution is 2.29. The smallest absolute Gasteiger partial charge is 0.207 e. The second-order valence-corrected chi connectivity index (χ2v) is 5.12. The van der Waals surface area contributed by atoms with Crippen molar-refractivity contribution in [2.24, 2.45) is 0 Å². The average molecular weight is 346 g/mol. The Labute approximate surface area is 123 Å². The van der Waals surface area contributed by atoms with Crippen LogP contribution in [0.25, 0.3) is 0 Å². The molecule has 20 heavy (non-hydrogen) atoms. The third-order valence-electron chi connectivity index (χ3n) is 2.68. The zero-order chi connectivity index (χ0) is 14.7. The van der Waals surface area contributed by atoms with Gasteiger partial charge in [-0.15, -0.1) is 0 Å². The standard InChI is InChI=1S/C13H14BrF2N3O/c1-8-7-19(3-4-20-2)13(17-8)18-12-10(14)5-9(15)6-11(12)16/h5-7H,3-4H2,1-2H3,(H,17,18). The molecule has 108 valence electrons. The Morgan fingerprint density at radius 1 is 1.40 bits per heavy atom. The quantitative estimate of drug-likeness (QED) is 0.899. The summed E-state index contributed by atoms with van der Waals surface area (Å²) >= 11 is 3.14. The number of imidazole rings is 1. The van der Waals surface area contributed by atoms with E-state index in [1.165, 1.54) is 6.07 Å². The Kier molecular flexibility index (Phi) is 4.72. The van der Waals surface area contributed by atoms with Crippen LogP contribution in [0, 0.1) is 18.6 Å². The monoisotopic (exact) mass is 345 g/mol. The van der Waals surface area contributed by atoms with Crippen LogP contribution in [0.5, 0.6) is 0 Å². The van der Waals surface area contributed by atoms with Crippen molar-refractivity contribution in [3.8, 4) is 0 Å². The third kappa shape index (κ3) is 3.34. The average Bonchev–Trinajstić information content (AvgIpc) is 2.71. The van der Waals surface area contributed by atoms with Gasteiger partial charge in [-0.25, -0.2) is 13.8 Å². The van der Waals surface area contributed by atoms with Gasteiger partial charge in [0.15, 0.2) is 5.82 Å². The topological polar surface area (TPSA) is 39.1 Å². The molecule has 0 aliphatic heterocycles. The van der Waals surface area contributed by atoms with Gasteiger partial charge in [0.05, 0.1) is 18.0 Å². The maximum Gasteiger partial charge on any atom is 0.207 e. The van der Waals surface area contributed by atoms with Crippen LogP contribution in [0.2, 0.25) is 0 Å². The molecule has 0 spiro atoms. The van der Waals surface area contributed by atoms with Crippen LogP contribution in [-0.2, 0) is 11.3 Å². The first-order valence-corrected chi connectivity index (χ1v) is 6.75. The molecule has 0 aliphatic rings. The van der Waals surface area contributed by atoms with Gasteiger partial charge >= 0.3 is 0 Å². The molecule has 0 atom stereocenters. The highest BCUT2D eigenvalue weighted by molar-refractivity contribution is 9.10. The minimum Gasteiger partial charge on any atom is -0.383 e. The number of aryl methyl sites for hydroxylation is 1. The van der Waals surface area contributed by atoms with Crippen molar-refractivity contribution in [1.82, 2.24) is 9.55 Å². The number of aromatic nitrogens is 2. The fourth-order valence-electron chi connectivity index (χ4n) is 1.78. The molecule has 4 nitrogen and oxygen atoms in total. The number of nitrogens with zero attached hydrogens (tertiary/aromatic N) is 2. The van der Waals surface area contributed by atoms with E-state index < -0.39 is 11.6 Å². The van der Waals surface area contributed by atoms with E-state index in [9.17, 15) is 8.78 Å². The number of benzene rings is 1. The van der Waals surface area contributed by atoms with Crippen molar-refractivity contribution >= 4 is 27.6 Å². The van der Waals surface area contributed by atoms with Crippen LogP contribution in [0.15, 0.2) is 22.8 Å². The summed E-state index contributed by atoms with van der Waals surface area (Å²) < 4.78 is 34.0. The third-order valence-corrected chi connectivity index (χ3v) is 3.30. The Hall–Kier alpha value is -1.47. The molecular weight excluding hydrogens is 332 g/mol. The molecule has 0 bridgehead atoms. The van der Waals surface area contributed by atoms with Crippen LogP contribution in [0.1, 0.15) is 5.69 Å². The summed E-state index contributed by atoms with van der Waals surface area (Å²) in [5.41, 5.74) is 0.943. The highest BCUT2D eigenvalue weighted by Gasteiger charge is 2.13. The summed E-state index contributed by atoms with van der Waals surface area (Å²) in [6, 6.07) is 2.02. The predicted molar refractivity (Wildman–Crippen MR) is 76.2 cm³/mol. The summed E-state index contributed by atoms with van der Waals surface area (Å²) in [5, 5.41) is 2.87. The Morgan fingerprint density at radius 2 is 2.15 bits per heavy atom. The fourth-order valence-corrected chi connectivity index (χ4v) is 2.29. The van der Waals surface area contributed by atoms with E-state index >= 15 is 0 Å². The zero-order valence-corrected chi connectivity index (χ0v) is 12.7. The molecule has 0 saturated carbocycles. The molecule has 1 aromatic heterocycles. The predicted octanol–water partition coefficient (Wildman–Crippen LogP) is 3.62. The number of nitrogens with one attached hydrogen (secondary N) is 1. The minimum atomic E-state index is -0.684. The summed E-state index contributed by atoms with van der Waals surface area (Å²) in [6.07, 6.45) is 1.83. The minimum absolute atomic E-state index is 0.149. The van der Waals surface area contributed by atoms with Gasteiger partial charge < -0.3 is 14.6 Å². The van der Waals surface area contributed by atoms with Gasteiger partial charge in [-0.3, -0.25) is 0 Å². The zero-order valence-electron chi connectivity index (χ0n) is 11.1. The van der Waals surface area contributed by atoms with Gasteiger partial charge in [0.2, 0.25) is 5.95 Å². The first-order valence-electron chi connectivity index (χ1n) is 5.95. The van der Waals surface area contributed by atoms with Crippen molar-refractivity contribution in [1.29, 1.82) is 0 Å². The normalized spacial score (nSPS) is 10.8. The molecular formula is C13H14BrF2N3O. The van der Waals surface area contributed by atoms with Gasteiger partial charge in [-0.05, 0) is 28.9 Å². The van der Waals surface area contributed by atoms with Crippen LogP contribution in [-0.4, -0.2) is 23.3 Å². The number of hydrogen-bond donors (Lipinski definition) is 1. The Bertz CT molecular complexity index is 593. The molecule has 1 aromatic carbocycles. The number of rotatable bonds is 5. The van der Waals surface area contributed by atoms with Crippen LogP contribution >= 0.6 is 15.9 Å². The van der Waals surface area contributed by atoms with Crippen molar-refractivity contribution in [2.75, 3.05) is 19.0 Å². The van der Waals surface area contributed by atoms with Gasteiger partial charge in [0.25, 0.3) is 0 Å². The van der Waals surface area contributed by atoms with Crippen molar-refractivity contribution in [3.63, 3.8) is 0 Å².